The normalized spacial score (nSPS) is 12.1. The van der Waals surface area contributed by atoms with E-state index in [1.807, 2.05) is 54.6 Å². The maximum atomic E-state index is 12.8. The Morgan fingerprint density at radius 2 is 1.43 bits per heavy atom. The zero-order valence-electron chi connectivity index (χ0n) is 21.1. The van der Waals surface area contributed by atoms with E-state index in [0.717, 1.165) is 11.1 Å². The molecule has 0 aliphatic rings. The van der Waals surface area contributed by atoms with Gasteiger partial charge in [-0.2, -0.15) is 0 Å². The molecule has 0 radical (unpaired) electrons. The molecular weight excluding hydrogens is 491 g/mol. The van der Waals surface area contributed by atoms with Gasteiger partial charge in [-0.1, -0.05) is 54.6 Å². The van der Waals surface area contributed by atoms with Crippen molar-refractivity contribution in [1.82, 2.24) is 5.32 Å². The fraction of sp³-hybridized carbons (Fsp3) is 0.286. The van der Waals surface area contributed by atoms with Crippen LogP contribution in [0.2, 0.25) is 0 Å². The van der Waals surface area contributed by atoms with E-state index in [0.29, 0.717) is 23.5 Å². The molecule has 0 aliphatic heterocycles. The van der Waals surface area contributed by atoms with Gasteiger partial charge in [0.05, 0.1) is 19.4 Å². The maximum absolute atomic E-state index is 12.8. The SMILES string of the molecule is CCOP(=O)(Cc1ccc(C(=O)N[C@H](Cc2ccc(OCc3ccccc3)cc2)C(N)=O)cc1)OCC. The molecule has 9 heteroatoms. The monoisotopic (exact) mass is 524 g/mol. The van der Waals surface area contributed by atoms with Crippen LogP contribution < -0.4 is 15.8 Å². The average molecular weight is 525 g/mol. The summed E-state index contributed by atoms with van der Waals surface area (Å²) in [7, 11) is -3.25. The molecular formula is C28H33N2O6P. The predicted octanol–water partition coefficient (Wildman–Crippen LogP) is 4.86. The van der Waals surface area contributed by atoms with Crippen molar-refractivity contribution in [3.05, 3.63) is 101 Å². The van der Waals surface area contributed by atoms with Crippen LogP contribution in [0.1, 0.15) is 40.9 Å². The quantitative estimate of drug-likeness (QED) is 0.291. The lowest BCUT2D eigenvalue weighted by molar-refractivity contribution is -0.119. The van der Waals surface area contributed by atoms with Crippen molar-refractivity contribution in [3.63, 3.8) is 0 Å². The molecule has 0 fully saturated rings. The fourth-order valence-corrected chi connectivity index (χ4v) is 5.37. The lowest BCUT2D eigenvalue weighted by Gasteiger charge is -2.18. The highest BCUT2D eigenvalue weighted by Crippen LogP contribution is 2.51. The smallest absolute Gasteiger partial charge is 0.335 e. The highest BCUT2D eigenvalue weighted by molar-refractivity contribution is 7.53. The van der Waals surface area contributed by atoms with Crippen LogP contribution in [0.5, 0.6) is 5.75 Å². The summed E-state index contributed by atoms with van der Waals surface area (Å²) in [5, 5.41) is 2.70. The molecule has 0 saturated heterocycles. The number of hydrogen-bond acceptors (Lipinski definition) is 6. The van der Waals surface area contributed by atoms with Gasteiger partial charge in [0, 0.05) is 12.0 Å². The third kappa shape index (κ3) is 8.86. The molecule has 37 heavy (non-hydrogen) atoms. The van der Waals surface area contributed by atoms with Gasteiger partial charge in [0.25, 0.3) is 5.91 Å². The Morgan fingerprint density at radius 1 is 0.838 bits per heavy atom. The lowest BCUT2D eigenvalue weighted by Crippen LogP contribution is -2.45. The first-order chi connectivity index (χ1) is 17.8. The van der Waals surface area contributed by atoms with Crippen LogP contribution in [0.3, 0.4) is 0 Å². The van der Waals surface area contributed by atoms with E-state index in [2.05, 4.69) is 5.32 Å². The van der Waals surface area contributed by atoms with Gasteiger partial charge >= 0.3 is 7.60 Å². The molecule has 8 nitrogen and oxygen atoms in total. The number of carbonyl (C=O) groups excluding carboxylic acids is 2. The first-order valence-corrected chi connectivity index (χ1v) is 13.9. The van der Waals surface area contributed by atoms with Gasteiger partial charge in [0.15, 0.2) is 0 Å². The van der Waals surface area contributed by atoms with E-state index in [9.17, 15) is 14.2 Å². The van der Waals surface area contributed by atoms with E-state index in [-0.39, 0.29) is 25.8 Å². The van der Waals surface area contributed by atoms with Gasteiger partial charge in [0.2, 0.25) is 5.91 Å². The summed E-state index contributed by atoms with van der Waals surface area (Å²) in [6.45, 7) is 4.50. The van der Waals surface area contributed by atoms with E-state index in [1.54, 1.807) is 38.1 Å². The molecule has 3 aromatic rings. The second kappa shape index (κ2) is 13.7. The van der Waals surface area contributed by atoms with Crippen LogP contribution in [-0.2, 0) is 37.6 Å². The van der Waals surface area contributed by atoms with Crippen molar-refractivity contribution in [2.75, 3.05) is 13.2 Å². The minimum absolute atomic E-state index is 0.103. The van der Waals surface area contributed by atoms with Crippen molar-refractivity contribution in [3.8, 4) is 5.75 Å². The van der Waals surface area contributed by atoms with Crippen LogP contribution in [-0.4, -0.2) is 31.1 Å². The summed E-state index contributed by atoms with van der Waals surface area (Å²) in [6.07, 6.45) is 0.343. The third-order valence-electron chi connectivity index (χ3n) is 5.50. The van der Waals surface area contributed by atoms with Crippen molar-refractivity contribution in [1.29, 1.82) is 0 Å². The zero-order valence-corrected chi connectivity index (χ0v) is 22.0. The summed E-state index contributed by atoms with van der Waals surface area (Å²) in [5.41, 5.74) is 8.52. The summed E-state index contributed by atoms with van der Waals surface area (Å²) in [4.78, 5) is 24.8. The first kappa shape index (κ1) is 28.1. The van der Waals surface area contributed by atoms with E-state index in [1.165, 1.54) is 0 Å². The van der Waals surface area contributed by atoms with Crippen molar-refractivity contribution >= 4 is 19.4 Å². The molecule has 3 rings (SSSR count). The van der Waals surface area contributed by atoms with Crippen LogP contribution in [0.25, 0.3) is 0 Å². The Bertz CT molecular complexity index is 1190. The van der Waals surface area contributed by atoms with Gasteiger partial charge in [0.1, 0.15) is 18.4 Å². The van der Waals surface area contributed by atoms with Gasteiger partial charge in [-0.3, -0.25) is 14.2 Å². The van der Waals surface area contributed by atoms with Crippen molar-refractivity contribution in [2.24, 2.45) is 5.73 Å². The molecule has 3 aromatic carbocycles. The standard InChI is InChI=1S/C28H33N2O6P/c1-3-35-37(33,36-4-2)20-23-10-14-24(15-11-23)28(32)30-26(27(29)31)18-21-12-16-25(17-13-21)34-19-22-8-6-5-7-9-22/h5-17,26H,3-4,18-20H2,1-2H3,(H2,29,31)(H,30,32)/t26-/m1/s1. The van der Waals surface area contributed by atoms with Crippen LogP contribution >= 0.6 is 7.60 Å². The Balaban J connectivity index is 1.58. The largest absolute Gasteiger partial charge is 0.489 e. The predicted molar refractivity (Wildman–Crippen MR) is 142 cm³/mol. The van der Waals surface area contributed by atoms with Gasteiger partial charge in [-0.15, -0.1) is 0 Å². The molecule has 3 N–H and O–H groups in total. The van der Waals surface area contributed by atoms with E-state index in [4.69, 9.17) is 19.5 Å². The number of rotatable bonds is 14. The Hall–Kier alpha value is -3.45. The zero-order chi connectivity index (χ0) is 26.7. The number of primary amides is 1. The molecule has 0 spiro atoms. The Kier molecular flexibility index (Phi) is 10.4. The second-order valence-electron chi connectivity index (χ2n) is 8.35. The highest BCUT2D eigenvalue weighted by Gasteiger charge is 2.24. The maximum Gasteiger partial charge on any atom is 0.335 e. The molecule has 0 heterocycles. The third-order valence-corrected chi connectivity index (χ3v) is 7.56. The molecule has 0 aromatic heterocycles. The second-order valence-corrected chi connectivity index (χ2v) is 10.4. The van der Waals surface area contributed by atoms with Crippen LogP contribution in [0.4, 0.5) is 0 Å². The summed E-state index contributed by atoms with van der Waals surface area (Å²) < 4.78 is 29.2. The van der Waals surface area contributed by atoms with Crippen LogP contribution in [0, 0.1) is 0 Å². The van der Waals surface area contributed by atoms with Crippen molar-refractivity contribution < 1.29 is 27.9 Å². The molecule has 2 amide bonds. The number of amides is 2. The molecule has 196 valence electrons. The molecule has 0 saturated carbocycles. The number of benzene rings is 3. The summed E-state index contributed by atoms with van der Waals surface area (Å²) in [5.74, 6) is -0.370. The number of nitrogens with two attached hydrogens (primary N) is 1. The molecule has 0 aliphatic carbocycles. The summed E-state index contributed by atoms with van der Waals surface area (Å²) >= 11 is 0. The number of carbonyl (C=O) groups is 2. The summed E-state index contributed by atoms with van der Waals surface area (Å²) in [6, 6.07) is 22.8. The minimum atomic E-state index is -3.25. The lowest BCUT2D eigenvalue weighted by atomic mass is 10.0. The number of nitrogens with one attached hydrogen (secondary N) is 1. The fourth-order valence-electron chi connectivity index (χ4n) is 3.67. The van der Waals surface area contributed by atoms with E-state index < -0.39 is 25.5 Å². The molecule has 0 bridgehead atoms. The van der Waals surface area contributed by atoms with Crippen molar-refractivity contribution in [2.45, 2.75) is 39.1 Å². The number of hydrogen-bond donors (Lipinski definition) is 2. The average Bonchev–Trinajstić information content (AvgIpc) is 2.89. The Morgan fingerprint density at radius 3 is 2.00 bits per heavy atom. The Labute approximate surface area is 217 Å². The van der Waals surface area contributed by atoms with Gasteiger partial charge in [-0.25, -0.2) is 0 Å². The highest BCUT2D eigenvalue weighted by atomic mass is 31.2. The first-order valence-electron chi connectivity index (χ1n) is 12.1. The number of ether oxygens (including phenoxy) is 1. The minimum Gasteiger partial charge on any atom is -0.489 e. The molecule has 0 unspecified atom stereocenters. The topological polar surface area (TPSA) is 117 Å². The van der Waals surface area contributed by atoms with Gasteiger partial charge < -0.3 is 24.8 Å². The van der Waals surface area contributed by atoms with E-state index >= 15 is 0 Å². The van der Waals surface area contributed by atoms with Gasteiger partial charge in [-0.05, 0) is 54.8 Å². The molecule has 1 atom stereocenters. The van der Waals surface area contributed by atoms with Crippen LogP contribution in [0.15, 0.2) is 78.9 Å².